The largest absolute Gasteiger partial charge is 0.313 e. The van der Waals surface area contributed by atoms with Gasteiger partial charge in [0, 0.05) is 11.1 Å². The monoisotopic (exact) mass is 183 g/mol. The van der Waals surface area contributed by atoms with Crippen LogP contribution in [0, 0.1) is 6.92 Å². The Morgan fingerprint density at radius 1 is 1.42 bits per heavy atom. The predicted octanol–water partition coefficient (Wildman–Crippen LogP) is 2.93. The van der Waals surface area contributed by atoms with Crippen molar-refractivity contribution in [3.63, 3.8) is 0 Å². The summed E-state index contributed by atoms with van der Waals surface area (Å²) in [5, 5.41) is 4.01. The molecule has 1 aromatic carbocycles. The minimum Gasteiger partial charge on any atom is -0.313 e. The van der Waals surface area contributed by atoms with E-state index < -0.39 is 0 Å². The van der Waals surface area contributed by atoms with E-state index in [2.05, 4.69) is 18.3 Å². The summed E-state index contributed by atoms with van der Waals surface area (Å²) < 4.78 is 0. The number of rotatable bonds is 2. The first-order valence-corrected chi connectivity index (χ1v) is 4.46. The van der Waals surface area contributed by atoms with E-state index in [1.54, 1.807) is 0 Å². The fourth-order valence-electron chi connectivity index (χ4n) is 1.05. The smallest absolute Gasteiger partial charge is 0.0438 e. The molecule has 1 atom stereocenters. The first-order chi connectivity index (χ1) is 5.65. The Labute approximate surface area is 78.7 Å². The maximum atomic E-state index is 5.99. The van der Waals surface area contributed by atoms with Gasteiger partial charge in [-0.15, -0.1) is 0 Å². The molecule has 1 N–H and O–H groups in total. The molecule has 66 valence electrons. The maximum Gasteiger partial charge on any atom is 0.0438 e. The number of benzene rings is 1. The van der Waals surface area contributed by atoms with Gasteiger partial charge in [-0.3, -0.25) is 0 Å². The van der Waals surface area contributed by atoms with Crippen LogP contribution in [0.3, 0.4) is 0 Å². The lowest BCUT2D eigenvalue weighted by molar-refractivity contribution is 0.652. The van der Waals surface area contributed by atoms with Crippen molar-refractivity contribution in [1.82, 2.24) is 5.32 Å². The second kappa shape index (κ2) is 3.92. The first kappa shape index (κ1) is 9.56. The van der Waals surface area contributed by atoms with Crippen LogP contribution in [0.2, 0.25) is 5.02 Å². The Hall–Kier alpha value is -0.530. The van der Waals surface area contributed by atoms with Crippen molar-refractivity contribution >= 4 is 11.6 Å². The van der Waals surface area contributed by atoms with Gasteiger partial charge in [0.1, 0.15) is 0 Å². The highest BCUT2D eigenvalue weighted by Gasteiger charge is 2.03. The second-order valence-electron chi connectivity index (χ2n) is 3.02. The van der Waals surface area contributed by atoms with Crippen molar-refractivity contribution in [1.29, 1.82) is 0 Å². The molecule has 0 bridgehead atoms. The predicted molar refractivity (Wildman–Crippen MR) is 53.7 cm³/mol. The molecule has 2 heteroatoms. The van der Waals surface area contributed by atoms with Crippen LogP contribution in [0.25, 0.3) is 0 Å². The molecule has 0 aromatic heterocycles. The van der Waals surface area contributed by atoms with Crippen LogP contribution in [0.4, 0.5) is 0 Å². The van der Waals surface area contributed by atoms with Gasteiger partial charge in [-0.1, -0.05) is 23.7 Å². The summed E-state index contributed by atoms with van der Waals surface area (Å²) in [5.74, 6) is 0. The summed E-state index contributed by atoms with van der Waals surface area (Å²) in [4.78, 5) is 0. The van der Waals surface area contributed by atoms with Gasteiger partial charge in [-0.05, 0) is 38.1 Å². The molecule has 0 fully saturated rings. The number of hydrogen-bond donors (Lipinski definition) is 1. The lowest BCUT2D eigenvalue weighted by atomic mass is 10.1. The zero-order valence-corrected chi connectivity index (χ0v) is 8.44. The van der Waals surface area contributed by atoms with E-state index in [-0.39, 0.29) is 0 Å². The molecule has 0 aliphatic carbocycles. The van der Waals surface area contributed by atoms with Crippen molar-refractivity contribution in [2.45, 2.75) is 19.9 Å². The normalized spacial score (nSPS) is 13.0. The fraction of sp³-hybridized carbons (Fsp3) is 0.400. The molecule has 0 spiro atoms. The fourth-order valence-corrected chi connectivity index (χ4v) is 1.23. The molecule has 0 unspecified atom stereocenters. The Bertz CT molecular complexity index is 271. The lowest BCUT2D eigenvalue weighted by Crippen LogP contribution is -2.12. The van der Waals surface area contributed by atoms with Crippen molar-refractivity contribution in [3.05, 3.63) is 34.3 Å². The molecule has 1 nitrogen and oxygen atoms in total. The van der Waals surface area contributed by atoms with E-state index in [1.165, 1.54) is 5.56 Å². The van der Waals surface area contributed by atoms with Gasteiger partial charge in [-0.2, -0.15) is 0 Å². The zero-order chi connectivity index (χ0) is 9.14. The minimum atomic E-state index is 0.364. The van der Waals surface area contributed by atoms with Crippen LogP contribution < -0.4 is 5.32 Å². The molecule has 0 heterocycles. The Balaban J connectivity index is 2.96. The van der Waals surface area contributed by atoms with Gasteiger partial charge in [0.2, 0.25) is 0 Å². The summed E-state index contributed by atoms with van der Waals surface area (Å²) in [7, 11) is 1.94. The Kier molecular flexibility index (Phi) is 3.12. The number of aryl methyl sites for hydroxylation is 1. The van der Waals surface area contributed by atoms with Crippen LogP contribution in [0.5, 0.6) is 0 Å². The topological polar surface area (TPSA) is 12.0 Å². The lowest BCUT2D eigenvalue weighted by Gasteiger charge is -2.11. The average molecular weight is 184 g/mol. The van der Waals surface area contributed by atoms with Gasteiger partial charge >= 0.3 is 0 Å². The summed E-state index contributed by atoms with van der Waals surface area (Å²) >= 11 is 5.99. The van der Waals surface area contributed by atoms with Crippen molar-refractivity contribution in [2.75, 3.05) is 7.05 Å². The molecule has 0 radical (unpaired) electrons. The number of nitrogens with one attached hydrogen (secondary N) is 1. The molecule has 0 aliphatic heterocycles. The van der Waals surface area contributed by atoms with Crippen LogP contribution in [-0.2, 0) is 0 Å². The summed E-state index contributed by atoms with van der Waals surface area (Å²) in [6.07, 6.45) is 0. The second-order valence-corrected chi connectivity index (χ2v) is 3.43. The average Bonchev–Trinajstić information content (AvgIpc) is 2.08. The minimum absolute atomic E-state index is 0.364. The van der Waals surface area contributed by atoms with E-state index in [0.29, 0.717) is 6.04 Å². The van der Waals surface area contributed by atoms with Gasteiger partial charge in [0.05, 0.1) is 0 Å². The molecule has 0 amide bonds. The summed E-state index contributed by atoms with van der Waals surface area (Å²) in [5.41, 5.74) is 2.36. The highest BCUT2D eigenvalue weighted by Crippen LogP contribution is 2.20. The standard InChI is InChI=1S/C10H14ClN/c1-7-4-5-9(6-10(7)11)8(2)12-3/h4-6,8,12H,1-3H3/t8-/m0/s1. The SMILES string of the molecule is CN[C@@H](C)c1ccc(C)c(Cl)c1. The third kappa shape index (κ3) is 1.99. The molecule has 0 aliphatic rings. The highest BCUT2D eigenvalue weighted by molar-refractivity contribution is 6.31. The molecule has 12 heavy (non-hydrogen) atoms. The molecule has 1 rings (SSSR count). The molecule has 0 saturated carbocycles. The van der Waals surface area contributed by atoms with Crippen molar-refractivity contribution < 1.29 is 0 Å². The Morgan fingerprint density at radius 3 is 2.58 bits per heavy atom. The van der Waals surface area contributed by atoms with Crippen molar-refractivity contribution in [2.24, 2.45) is 0 Å². The first-order valence-electron chi connectivity index (χ1n) is 4.08. The van der Waals surface area contributed by atoms with E-state index in [9.17, 15) is 0 Å². The van der Waals surface area contributed by atoms with Crippen LogP contribution in [0.15, 0.2) is 18.2 Å². The van der Waals surface area contributed by atoms with Crippen LogP contribution in [-0.4, -0.2) is 7.05 Å². The van der Waals surface area contributed by atoms with Gasteiger partial charge in [0.15, 0.2) is 0 Å². The summed E-state index contributed by atoms with van der Waals surface area (Å²) in [6, 6.07) is 6.52. The van der Waals surface area contributed by atoms with E-state index in [4.69, 9.17) is 11.6 Å². The Morgan fingerprint density at radius 2 is 2.08 bits per heavy atom. The molecular weight excluding hydrogens is 170 g/mol. The van der Waals surface area contributed by atoms with E-state index >= 15 is 0 Å². The molecule has 1 aromatic rings. The number of halogens is 1. The number of hydrogen-bond acceptors (Lipinski definition) is 1. The van der Waals surface area contributed by atoms with Crippen molar-refractivity contribution in [3.8, 4) is 0 Å². The highest BCUT2D eigenvalue weighted by atomic mass is 35.5. The molecular formula is C10H14ClN. The van der Waals surface area contributed by atoms with Gasteiger partial charge < -0.3 is 5.32 Å². The van der Waals surface area contributed by atoms with Crippen LogP contribution in [0.1, 0.15) is 24.1 Å². The van der Waals surface area contributed by atoms with Gasteiger partial charge in [0.25, 0.3) is 0 Å². The maximum absolute atomic E-state index is 5.99. The summed E-state index contributed by atoms with van der Waals surface area (Å²) in [6.45, 7) is 4.12. The van der Waals surface area contributed by atoms with Crippen LogP contribution >= 0.6 is 11.6 Å². The third-order valence-corrected chi connectivity index (χ3v) is 2.54. The van der Waals surface area contributed by atoms with Gasteiger partial charge in [-0.25, -0.2) is 0 Å². The van der Waals surface area contributed by atoms with E-state index in [0.717, 1.165) is 10.6 Å². The van der Waals surface area contributed by atoms with E-state index in [1.807, 2.05) is 26.1 Å². The third-order valence-electron chi connectivity index (χ3n) is 2.13. The molecule has 0 saturated heterocycles. The zero-order valence-electron chi connectivity index (χ0n) is 7.69. The quantitative estimate of drug-likeness (QED) is 0.744.